The molecule has 0 radical (unpaired) electrons. The normalized spacial score (nSPS) is 11.0. The van der Waals surface area contributed by atoms with Gasteiger partial charge in [0.2, 0.25) is 0 Å². The van der Waals surface area contributed by atoms with Crippen LogP contribution in [0, 0.1) is 0 Å². The van der Waals surface area contributed by atoms with Crippen molar-refractivity contribution < 1.29 is 0 Å². The number of hydrogen-bond acceptors (Lipinski definition) is 6. The van der Waals surface area contributed by atoms with Crippen LogP contribution in [0.25, 0.3) is 22.3 Å². The largest absolute Gasteiger partial charge is 0.298 e. The fraction of sp³-hybridized carbons (Fsp3) is 0.105. The van der Waals surface area contributed by atoms with Gasteiger partial charge in [-0.1, -0.05) is 65.5 Å². The number of aromatic nitrogens is 6. The van der Waals surface area contributed by atoms with Crippen LogP contribution in [0.15, 0.2) is 77.2 Å². The number of benzene rings is 2. The van der Waals surface area contributed by atoms with E-state index in [2.05, 4.69) is 27.1 Å². The fourth-order valence-electron chi connectivity index (χ4n) is 2.72. The van der Waals surface area contributed by atoms with E-state index in [0.29, 0.717) is 28.5 Å². The van der Waals surface area contributed by atoms with Crippen molar-refractivity contribution in [3.63, 3.8) is 0 Å². The van der Waals surface area contributed by atoms with Crippen LogP contribution in [-0.4, -0.2) is 29.8 Å². The molecule has 2 heterocycles. The number of nitrogens with zero attached hydrogens (tertiary/aromatic N) is 6. The van der Waals surface area contributed by atoms with Crippen LogP contribution in [0.2, 0.25) is 0 Å². The summed E-state index contributed by atoms with van der Waals surface area (Å²) in [6.07, 6.45) is 1.79. The smallest absolute Gasteiger partial charge is 0.278 e. The molecule has 134 valence electrons. The van der Waals surface area contributed by atoms with Crippen molar-refractivity contribution in [1.82, 2.24) is 29.8 Å². The molecule has 0 spiro atoms. The van der Waals surface area contributed by atoms with E-state index in [0.717, 1.165) is 11.4 Å². The van der Waals surface area contributed by atoms with Gasteiger partial charge in [0.05, 0.1) is 11.3 Å². The highest BCUT2D eigenvalue weighted by molar-refractivity contribution is 7.98. The Balaban J connectivity index is 1.64. The average Bonchev–Trinajstić information content (AvgIpc) is 3.11. The number of hydrogen-bond donors (Lipinski definition) is 0. The third kappa shape index (κ3) is 3.39. The predicted octanol–water partition coefficient (Wildman–Crippen LogP) is 2.99. The topological polar surface area (TPSA) is 78.5 Å². The van der Waals surface area contributed by atoms with E-state index in [-0.39, 0.29) is 5.56 Å². The predicted molar refractivity (Wildman–Crippen MR) is 105 cm³/mol. The zero-order valence-electron chi connectivity index (χ0n) is 14.4. The van der Waals surface area contributed by atoms with Gasteiger partial charge in [-0.25, -0.2) is 0 Å². The van der Waals surface area contributed by atoms with E-state index in [4.69, 9.17) is 0 Å². The first-order valence-corrected chi connectivity index (χ1v) is 9.31. The summed E-state index contributed by atoms with van der Waals surface area (Å²) in [6, 6.07) is 17.0. The van der Waals surface area contributed by atoms with Gasteiger partial charge < -0.3 is 0 Å². The number of fused-ring (bicyclic) bond motifs is 1. The first kappa shape index (κ1) is 17.2. The van der Waals surface area contributed by atoms with Gasteiger partial charge in [-0.05, 0) is 12.1 Å². The molecule has 0 fully saturated rings. The molecule has 2 aromatic heterocycles. The minimum atomic E-state index is -0.175. The van der Waals surface area contributed by atoms with E-state index < -0.39 is 0 Å². The molecule has 0 N–H and O–H groups in total. The molecule has 7 nitrogen and oxygen atoms in total. The van der Waals surface area contributed by atoms with Crippen LogP contribution in [0.3, 0.4) is 0 Å². The van der Waals surface area contributed by atoms with Crippen molar-refractivity contribution in [3.8, 4) is 11.4 Å². The molecule has 0 aliphatic carbocycles. The van der Waals surface area contributed by atoms with Gasteiger partial charge >= 0.3 is 0 Å². The van der Waals surface area contributed by atoms with Gasteiger partial charge in [-0.15, -0.1) is 21.9 Å². The maximum Gasteiger partial charge on any atom is 0.278 e. The van der Waals surface area contributed by atoms with Gasteiger partial charge in [0, 0.05) is 12.1 Å². The fourth-order valence-corrected chi connectivity index (χ4v) is 3.54. The molecule has 0 bridgehead atoms. The standard InChI is InChI=1S/C19H16N6OS/c1-2-12-24-17(14-8-4-3-5-9-14)21-22-19(24)27-13-25-18(26)15-10-6-7-11-16(15)20-23-25/h2-11H,1,12-13H2. The van der Waals surface area contributed by atoms with Gasteiger partial charge in [0.15, 0.2) is 11.0 Å². The van der Waals surface area contributed by atoms with E-state index >= 15 is 0 Å². The molecular formula is C19H16N6OS. The maximum absolute atomic E-state index is 12.6. The molecule has 0 saturated heterocycles. The van der Waals surface area contributed by atoms with Crippen LogP contribution in [0.1, 0.15) is 0 Å². The highest BCUT2D eigenvalue weighted by Gasteiger charge is 2.14. The maximum atomic E-state index is 12.6. The summed E-state index contributed by atoms with van der Waals surface area (Å²) in [7, 11) is 0. The lowest BCUT2D eigenvalue weighted by molar-refractivity contribution is 0.640. The molecule has 8 heteroatoms. The first-order chi connectivity index (χ1) is 13.3. The summed E-state index contributed by atoms with van der Waals surface area (Å²) < 4.78 is 3.30. The first-order valence-electron chi connectivity index (χ1n) is 8.33. The van der Waals surface area contributed by atoms with Crippen molar-refractivity contribution >= 4 is 22.7 Å². The van der Waals surface area contributed by atoms with Gasteiger partial charge in [0.1, 0.15) is 5.52 Å². The molecular weight excluding hydrogens is 360 g/mol. The molecule has 2 aromatic carbocycles. The Labute approximate surface area is 159 Å². The summed E-state index contributed by atoms with van der Waals surface area (Å²) in [5.41, 5.74) is 1.39. The van der Waals surface area contributed by atoms with Crippen molar-refractivity contribution in [1.29, 1.82) is 0 Å². The highest BCUT2D eigenvalue weighted by Crippen LogP contribution is 2.24. The van der Waals surface area contributed by atoms with Crippen molar-refractivity contribution in [2.45, 2.75) is 17.6 Å². The third-order valence-corrected chi connectivity index (χ3v) is 4.94. The van der Waals surface area contributed by atoms with Crippen molar-refractivity contribution in [3.05, 3.63) is 77.6 Å². The Morgan fingerprint density at radius 1 is 1.00 bits per heavy atom. The second-order valence-electron chi connectivity index (χ2n) is 5.76. The van der Waals surface area contributed by atoms with E-state index in [1.807, 2.05) is 47.0 Å². The lowest BCUT2D eigenvalue weighted by Crippen LogP contribution is -2.23. The zero-order chi connectivity index (χ0) is 18.6. The Morgan fingerprint density at radius 3 is 2.59 bits per heavy atom. The lowest BCUT2D eigenvalue weighted by atomic mass is 10.2. The van der Waals surface area contributed by atoms with Crippen LogP contribution in [-0.2, 0) is 12.4 Å². The van der Waals surface area contributed by atoms with Crippen LogP contribution in [0.5, 0.6) is 0 Å². The molecule has 0 aliphatic heterocycles. The van der Waals surface area contributed by atoms with Crippen LogP contribution >= 0.6 is 11.8 Å². The van der Waals surface area contributed by atoms with E-state index in [9.17, 15) is 4.79 Å². The number of allylic oxidation sites excluding steroid dienone is 1. The van der Waals surface area contributed by atoms with Crippen LogP contribution in [0.4, 0.5) is 0 Å². The lowest BCUT2D eigenvalue weighted by Gasteiger charge is -2.08. The number of thioether (sulfide) groups is 1. The summed E-state index contributed by atoms with van der Waals surface area (Å²) in [4.78, 5) is 12.6. The third-order valence-electron chi connectivity index (χ3n) is 4.01. The summed E-state index contributed by atoms with van der Waals surface area (Å²) in [5, 5.41) is 18.0. The Bertz CT molecular complexity index is 1150. The Kier molecular flexibility index (Phi) is 4.80. The quantitative estimate of drug-likeness (QED) is 0.380. The Hall–Kier alpha value is -3.26. The molecule has 0 amide bonds. The minimum Gasteiger partial charge on any atom is -0.298 e. The van der Waals surface area contributed by atoms with E-state index in [1.54, 1.807) is 18.2 Å². The van der Waals surface area contributed by atoms with Crippen molar-refractivity contribution in [2.24, 2.45) is 0 Å². The molecule has 27 heavy (non-hydrogen) atoms. The SMILES string of the molecule is C=CCn1c(SCn2nnc3ccccc3c2=O)nnc1-c1ccccc1. The molecule has 0 aliphatic rings. The summed E-state index contributed by atoms with van der Waals surface area (Å²) >= 11 is 1.38. The van der Waals surface area contributed by atoms with Crippen molar-refractivity contribution in [2.75, 3.05) is 0 Å². The molecule has 0 atom stereocenters. The highest BCUT2D eigenvalue weighted by atomic mass is 32.2. The zero-order valence-corrected chi connectivity index (χ0v) is 15.2. The second kappa shape index (κ2) is 7.55. The summed E-state index contributed by atoms with van der Waals surface area (Å²) in [5.74, 6) is 1.05. The molecule has 4 aromatic rings. The Morgan fingerprint density at radius 2 is 1.78 bits per heavy atom. The van der Waals surface area contributed by atoms with Crippen LogP contribution < -0.4 is 5.56 Å². The van der Waals surface area contributed by atoms with Gasteiger partial charge in [0.25, 0.3) is 5.56 Å². The second-order valence-corrected chi connectivity index (χ2v) is 6.67. The minimum absolute atomic E-state index is 0.175. The molecule has 4 rings (SSSR count). The van der Waals surface area contributed by atoms with E-state index in [1.165, 1.54) is 16.4 Å². The summed E-state index contributed by atoms with van der Waals surface area (Å²) in [6.45, 7) is 4.38. The monoisotopic (exact) mass is 376 g/mol. The number of rotatable bonds is 6. The molecule has 0 saturated carbocycles. The van der Waals surface area contributed by atoms with Gasteiger partial charge in [-0.3, -0.25) is 9.36 Å². The average molecular weight is 376 g/mol. The molecule has 0 unspecified atom stereocenters. The van der Waals surface area contributed by atoms with Gasteiger partial charge in [-0.2, -0.15) is 4.68 Å².